The molecule has 1 saturated heterocycles. The Balaban J connectivity index is 2.30. The van der Waals surface area contributed by atoms with Crippen molar-refractivity contribution in [3.05, 3.63) is 18.2 Å². The maximum absolute atomic E-state index is 13.3. The van der Waals surface area contributed by atoms with Crippen molar-refractivity contribution in [1.29, 1.82) is 0 Å². The fraction of sp³-hybridized carbons (Fsp3) is 0.500. The van der Waals surface area contributed by atoms with E-state index < -0.39 is 20.8 Å². The molecular formula is C14H18F5NO2S2. The first-order valence-electron chi connectivity index (χ1n) is 7.23. The van der Waals surface area contributed by atoms with Gasteiger partial charge in [-0.2, -0.15) is 0 Å². The normalized spacial score (nSPS) is 19.2. The van der Waals surface area contributed by atoms with E-state index in [1.54, 1.807) is 0 Å². The van der Waals surface area contributed by atoms with Crippen molar-refractivity contribution < 1.29 is 28.9 Å². The molecule has 1 N–H and O–H groups in total. The van der Waals surface area contributed by atoms with E-state index in [1.165, 1.54) is 13.0 Å². The Kier molecular flexibility index (Phi) is 4.79. The minimum atomic E-state index is -9.88. The van der Waals surface area contributed by atoms with Crippen LogP contribution in [-0.2, 0) is 4.74 Å². The van der Waals surface area contributed by atoms with Crippen LogP contribution in [0.3, 0.4) is 0 Å². The zero-order valence-corrected chi connectivity index (χ0v) is 14.5. The van der Waals surface area contributed by atoms with Gasteiger partial charge in [0.1, 0.15) is 10.6 Å². The molecule has 24 heavy (non-hydrogen) atoms. The second-order valence-corrected chi connectivity index (χ2v) is 8.61. The molecule has 0 radical (unpaired) electrons. The van der Waals surface area contributed by atoms with Crippen LogP contribution in [0.2, 0.25) is 0 Å². The number of ether oxygens (including phenoxy) is 2. The van der Waals surface area contributed by atoms with E-state index in [4.69, 9.17) is 9.47 Å². The molecule has 2 rings (SSSR count). The molecule has 1 aliphatic heterocycles. The molecule has 0 aromatic heterocycles. The average Bonchev–Trinajstić information content (AvgIpc) is 2.44. The molecule has 0 amide bonds. The number of anilines is 1. The summed E-state index contributed by atoms with van der Waals surface area (Å²) < 4.78 is 76.7. The summed E-state index contributed by atoms with van der Waals surface area (Å²) in [7, 11) is -9.88. The molecule has 1 fully saturated rings. The highest BCUT2D eigenvalue weighted by Gasteiger charge is 2.67. The standard InChI is InChI=1S/C14H18F5NO2S2/c1-10(23)22-12-2-3-13(14(8-12)24(15,16,17,18)19)20-9-11-4-6-21-7-5-11/h2-3,8,11,20H,4-7,9H2,1H3. The quantitative estimate of drug-likeness (QED) is 0.499. The summed E-state index contributed by atoms with van der Waals surface area (Å²) in [6, 6.07) is 2.42. The van der Waals surface area contributed by atoms with E-state index >= 15 is 0 Å². The number of benzene rings is 1. The van der Waals surface area contributed by atoms with Gasteiger partial charge in [-0.25, -0.2) is 0 Å². The van der Waals surface area contributed by atoms with E-state index in [-0.39, 0.29) is 23.3 Å². The SMILES string of the molecule is CC(=S)Oc1ccc(NCC2CCOCC2)c(S(F)(F)(F)(F)F)c1. The highest BCUT2D eigenvalue weighted by atomic mass is 32.5. The van der Waals surface area contributed by atoms with Crippen LogP contribution in [0.15, 0.2) is 23.1 Å². The molecule has 0 spiro atoms. The smallest absolute Gasteiger partial charge is 0.312 e. The third-order valence-corrected chi connectivity index (χ3v) is 4.80. The number of thiocarbonyl (C=S) groups is 1. The number of halogens is 5. The van der Waals surface area contributed by atoms with Crippen LogP contribution >= 0.6 is 22.4 Å². The summed E-state index contributed by atoms with van der Waals surface area (Å²) >= 11 is 4.63. The van der Waals surface area contributed by atoms with Gasteiger partial charge in [-0.15, -0.1) is 0 Å². The van der Waals surface area contributed by atoms with Gasteiger partial charge in [0.25, 0.3) is 0 Å². The zero-order valence-electron chi connectivity index (χ0n) is 12.9. The molecule has 10 heteroatoms. The van der Waals surface area contributed by atoms with Crippen molar-refractivity contribution in [2.75, 3.05) is 25.1 Å². The van der Waals surface area contributed by atoms with Crippen LogP contribution in [0, 0.1) is 5.92 Å². The fourth-order valence-corrected chi connectivity index (χ4v) is 3.39. The lowest BCUT2D eigenvalue weighted by atomic mass is 10.0. The predicted molar refractivity (Wildman–Crippen MR) is 88.8 cm³/mol. The minimum Gasteiger partial charge on any atom is -0.451 e. The lowest BCUT2D eigenvalue weighted by Gasteiger charge is -2.42. The second-order valence-electron chi connectivity index (χ2n) is 5.66. The van der Waals surface area contributed by atoms with E-state index in [9.17, 15) is 19.4 Å². The van der Waals surface area contributed by atoms with Crippen LogP contribution in [0.5, 0.6) is 5.75 Å². The van der Waals surface area contributed by atoms with E-state index in [2.05, 4.69) is 17.5 Å². The van der Waals surface area contributed by atoms with Crippen molar-refractivity contribution >= 4 is 33.2 Å². The molecule has 1 aromatic carbocycles. The Morgan fingerprint density at radius 2 is 1.88 bits per heavy atom. The molecular weight excluding hydrogens is 373 g/mol. The number of hydrogen-bond acceptors (Lipinski definition) is 4. The van der Waals surface area contributed by atoms with Crippen LogP contribution in [-0.4, -0.2) is 24.8 Å². The molecule has 0 saturated carbocycles. The largest absolute Gasteiger partial charge is 0.451 e. The van der Waals surface area contributed by atoms with E-state index in [1.807, 2.05) is 0 Å². The van der Waals surface area contributed by atoms with E-state index in [0.29, 0.717) is 32.1 Å². The lowest BCUT2D eigenvalue weighted by Crippen LogP contribution is -2.23. The Morgan fingerprint density at radius 1 is 1.25 bits per heavy atom. The number of rotatable bonds is 5. The Labute approximate surface area is 142 Å². The molecule has 1 heterocycles. The number of hydrogen-bond donors (Lipinski definition) is 1. The third-order valence-electron chi connectivity index (χ3n) is 3.55. The highest BCUT2D eigenvalue weighted by Crippen LogP contribution is 3.03. The maximum Gasteiger partial charge on any atom is 0.312 e. The summed E-state index contributed by atoms with van der Waals surface area (Å²) in [4.78, 5) is -1.99. The highest BCUT2D eigenvalue weighted by molar-refractivity contribution is 8.45. The summed E-state index contributed by atoms with van der Waals surface area (Å²) in [5.74, 6) is -0.299. The fourth-order valence-electron chi connectivity index (χ4n) is 2.40. The van der Waals surface area contributed by atoms with Gasteiger partial charge in [0.05, 0.1) is 5.69 Å². The van der Waals surface area contributed by atoms with Gasteiger partial charge in [0.15, 0.2) is 5.05 Å². The Hall–Kier alpha value is -1.13. The van der Waals surface area contributed by atoms with Crippen LogP contribution in [0.4, 0.5) is 25.1 Å². The minimum absolute atomic E-state index is 0.0639. The van der Waals surface area contributed by atoms with Crippen molar-refractivity contribution in [1.82, 2.24) is 0 Å². The Bertz CT molecular complexity index is 630. The average molecular weight is 391 g/mol. The van der Waals surface area contributed by atoms with Gasteiger partial charge in [0, 0.05) is 32.7 Å². The van der Waals surface area contributed by atoms with Gasteiger partial charge < -0.3 is 14.8 Å². The van der Waals surface area contributed by atoms with Crippen molar-refractivity contribution in [3.8, 4) is 5.75 Å². The molecule has 1 aromatic rings. The predicted octanol–water partition coefficient (Wildman–Crippen LogP) is 5.91. The van der Waals surface area contributed by atoms with Crippen LogP contribution in [0.1, 0.15) is 19.8 Å². The van der Waals surface area contributed by atoms with Crippen molar-refractivity contribution in [2.24, 2.45) is 5.92 Å². The summed E-state index contributed by atoms with van der Waals surface area (Å²) in [5, 5.41) is 2.44. The number of nitrogens with one attached hydrogen (secondary N) is 1. The molecule has 0 aliphatic carbocycles. The molecule has 0 bridgehead atoms. The van der Waals surface area contributed by atoms with Crippen molar-refractivity contribution in [3.63, 3.8) is 0 Å². The summed E-state index contributed by atoms with van der Waals surface area (Å²) in [6.45, 7) is 2.53. The van der Waals surface area contributed by atoms with E-state index in [0.717, 1.165) is 6.07 Å². The maximum atomic E-state index is 13.3. The molecule has 0 atom stereocenters. The van der Waals surface area contributed by atoms with Gasteiger partial charge in [-0.05, 0) is 43.1 Å². The monoisotopic (exact) mass is 391 g/mol. The zero-order chi connectivity index (χ0) is 18.1. The summed E-state index contributed by atoms with van der Waals surface area (Å²) in [5.41, 5.74) is -0.657. The van der Waals surface area contributed by atoms with Crippen LogP contribution < -0.4 is 10.1 Å². The third kappa shape index (κ3) is 5.45. The van der Waals surface area contributed by atoms with Crippen LogP contribution in [0.25, 0.3) is 0 Å². The molecule has 138 valence electrons. The molecule has 3 nitrogen and oxygen atoms in total. The molecule has 0 unspecified atom stereocenters. The summed E-state index contributed by atoms with van der Waals surface area (Å²) in [6.07, 6.45) is 1.34. The molecule has 1 aliphatic rings. The van der Waals surface area contributed by atoms with Gasteiger partial charge >= 0.3 is 10.2 Å². The topological polar surface area (TPSA) is 30.5 Å². The van der Waals surface area contributed by atoms with Gasteiger partial charge in [0.2, 0.25) is 0 Å². The second kappa shape index (κ2) is 5.99. The Morgan fingerprint density at radius 3 is 2.42 bits per heavy atom. The van der Waals surface area contributed by atoms with Gasteiger partial charge in [-0.3, -0.25) is 0 Å². The first kappa shape index (κ1) is 19.2. The van der Waals surface area contributed by atoms with Gasteiger partial charge in [-0.1, -0.05) is 19.4 Å². The lowest BCUT2D eigenvalue weighted by molar-refractivity contribution is 0.0699. The first-order chi connectivity index (χ1) is 10.8. The van der Waals surface area contributed by atoms with Crippen molar-refractivity contribution in [2.45, 2.75) is 24.7 Å². The first-order valence-corrected chi connectivity index (χ1v) is 9.59.